The lowest BCUT2D eigenvalue weighted by molar-refractivity contribution is 0.0150. The van der Waals surface area contributed by atoms with E-state index in [9.17, 15) is 4.79 Å². The van der Waals surface area contributed by atoms with E-state index in [0.29, 0.717) is 29.5 Å². The fraction of sp³-hybridized carbons (Fsp3) is 0.476. The number of anilines is 1. The van der Waals surface area contributed by atoms with Gasteiger partial charge in [-0.05, 0) is 33.6 Å². The summed E-state index contributed by atoms with van der Waals surface area (Å²) in [4.78, 5) is 17.5. The summed E-state index contributed by atoms with van der Waals surface area (Å²) in [5.41, 5.74) is 0.448. The van der Waals surface area contributed by atoms with Crippen LogP contribution in [0.3, 0.4) is 0 Å². The number of amides is 1. The van der Waals surface area contributed by atoms with Crippen LogP contribution in [-0.4, -0.2) is 43.4 Å². The standard InChI is InChI=1S/C21H24FN5O3/c1-12(2)30-14-7-16-24-17(21-9-20(3,10-21)29-11-21)18(22)27(16)8-13(14)19(28)23-15-5-6-26(4)25-15/h5-8,12H,9-11H2,1-4H3,(H,23,25,28). The first kappa shape index (κ1) is 19.0. The lowest BCUT2D eigenvalue weighted by atomic mass is 9.62. The van der Waals surface area contributed by atoms with Crippen LogP contribution in [-0.2, 0) is 17.2 Å². The molecule has 158 valence electrons. The molecule has 2 bridgehead atoms. The number of carbonyl (C=O) groups is 1. The lowest BCUT2D eigenvalue weighted by Crippen LogP contribution is -2.45. The molecular formula is C21H24FN5O3. The molecule has 0 atom stereocenters. The molecule has 2 aliphatic heterocycles. The van der Waals surface area contributed by atoms with Crippen LogP contribution in [0.2, 0.25) is 0 Å². The van der Waals surface area contributed by atoms with Crippen LogP contribution in [0.5, 0.6) is 5.75 Å². The number of aryl methyl sites for hydroxylation is 1. The second-order valence-electron chi connectivity index (χ2n) is 8.90. The van der Waals surface area contributed by atoms with E-state index in [4.69, 9.17) is 9.47 Å². The van der Waals surface area contributed by atoms with Gasteiger partial charge >= 0.3 is 0 Å². The summed E-state index contributed by atoms with van der Waals surface area (Å²) in [7, 11) is 1.76. The summed E-state index contributed by atoms with van der Waals surface area (Å²) in [5.74, 6) is -0.137. The van der Waals surface area contributed by atoms with E-state index in [-0.39, 0.29) is 22.7 Å². The molecule has 0 spiro atoms. The van der Waals surface area contributed by atoms with Crippen molar-refractivity contribution in [1.82, 2.24) is 19.2 Å². The summed E-state index contributed by atoms with van der Waals surface area (Å²) < 4.78 is 30.0. The predicted octanol–water partition coefficient (Wildman–Crippen LogP) is 3.07. The molecule has 1 amide bonds. The molecule has 1 N–H and O–H groups in total. The van der Waals surface area contributed by atoms with E-state index in [1.54, 1.807) is 30.1 Å². The van der Waals surface area contributed by atoms with Crippen LogP contribution in [0.4, 0.5) is 10.2 Å². The highest BCUT2D eigenvalue weighted by molar-refractivity contribution is 6.05. The summed E-state index contributed by atoms with van der Waals surface area (Å²) in [5, 5.41) is 6.89. The number of hydrogen-bond acceptors (Lipinski definition) is 5. The SMILES string of the molecule is CC(C)Oc1cc2nc(C34COC(C)(C3)C4)c(F)n2cc1C(=O)Nc1ccn(C)n1. The Labute approximate surface area is 173 Å². The summed E-state index contributed by atoms with van der Waals surface area (Å²) in [6, 6.07) is 3.30. The van der Waals surface area contributed by atoms with Crippen molar-refractivity contribution in [2.75, 3.05) is 11.9 Å². The predicted molar refractivity (Wildman–Crippen MR) is 107 cm³/mol. The van der Waals surface area contributed by atoms with Gasteiger partial charge in [-0.3, -0.25) is 13.9 Å². The van der Waals surface area contributed by atoms with Gasteiger partial charge in [0.15, 0.2) is 5.82 Å². The largest absolute Gasteiger partial charge is 0.490 e. The highest BCUT2D eigenvalue weighted by Gasteiger charge is 2.62. The van der Waals surface area contributed by atoms with Crippen LogP contribution in [0.1, 0.15) is 49.7 Å². The maximum Gasteiger partial charge on any atom is 0.262 e. The number of rotatable bonds is 5. The van der Waals surface area contributed by atoms with Crippen molar-refractivity contribution >= 4 is 17.4 Å². The Kier molecular flexibility index (Phi) is 3.99. The van der Waals surface area contributed by atoms with Crippen LogP contribution >= 0.6 is 0 Å². The van der Waals surface area contributed by atoms with E-state index in [0.717, 1.165) is 12.8 Å². The Bertz CT molecular complexity index is 1160. The molecule has 3 aromatic heterocycles. The van der Waals surface area contributed by atoms with Gasteiger partial charge in [0, 0.05) is 37.0 Å². The number of aromatic nitrogens is 4. The molecule has 30 heavy (non-hydrogen) atoms. The Balaban J connectivity index is 1.57. The molecular weight excluding hydrogens is 389 g/mol. The van der Waals surface area contributed by atoms with Crippen molar-refractivity contribution in [3.63, 3.8) is 0 Å². The zero-order chi connectivity index (χ0) is 21.3. The maximum atomic E-state index is 15.4. The minimum Gasteiger partial charge on any atom is -0.490 e. The molecule has 1 saturated carbocycles. The molecule has 9 heteroatoms. The number of ether oxygens (including phenoxy) is 2. The minimum atomic E-state index is -0.458. The van der Waals surface area contributed by atoms with Gasteiger partial charge < -0.3 is 14.8 Å². The van der Waals surface area contributed by atoms with Crippen molar-refractivity contribution in [3.05, 3.63) is 41.7 Å². The van der Waals surface area contributed by atoms with E-state index in [1.165, 1.54) is 10.6 Å². The quantitative estimate of drug-likeness (QED) is 0.695. The molecule has 3 aliphatic rings. The number of nitrogens with one attached hydrogen (secondary N) is 1. The van der Waals surface area contributed by atoms with Crippen molar-refractivity contribution in [1.29, 1.82) is 0 Å². The highest BCUT2D eigenvalue weighted by atomic mass is 19.1. The summed E-state index contributed by atoms with van der Waals surface area (Å²) >= 11 is 0. The normalized spacial score (nSPS) is 25.0. The first-order chi connectivity index (χ1) is 14.2. The first-order valence-corrected chi connectivity index (χ1v) is 10.0. The number of nitrogens with zero attached hydrogens (tertiary/aromatic N) is 4. The fourth-order valence-corrected chi connectivity index (χ4v) is 4.70. The van der Waals surface area contributed by atoms with E-state index < -0.39 is 11.9 Å². The van der Waals surface area contributed by atoms with Crippen LogP contribution in [0, 0.1) is 5.95 Å². The fourth-order valence-electron chi connectivity index (χ4n) is 4.70. The molecule has 0 unspecified atom stereocenters. The van der Waals surface area contributed by atoms with Gasteiger partial charge in [-0.15, -0.1) is 0 Å². The highest BCUT2D eigenvalue weighted by Crippen LogP contribution is 2.58. The minimum absolute atomic E-state index is 0.165. The third kappa shape index (κ3) is 2.87. The number of hydrogen-bond donors (Lipinski definition) is 1. The van der Waals surface area contributed by atoms with E-state index >= 15 is 4.39 Å². The van der Waals surface area contributed by atoms with Crippen molar-refractivity contribution in [3.8, 4) is 5.75 Å². The Hall–Kier alpha value is -2.94. The Morgan fingerprint density at radius 3 is 2.77 bits per heavy atom. The van der Waals surface area contributed by atoms with Gasteiger partial charge in [0.1, 0.15) is 17.1 Å². The molecule has 3 aromatic rings. The van der Waals surface area contributed by atoms with Gasteiger partial charge in [-0.2, -0.15) is 9.49 Å². The zero-order valence-electron chi connectivity index (χ0n) is 17.4. The van der Waals surface area contributed by atoms with Gasteiger partial charge in [-0.25, -0.2) is 4.98 Å². The second kappa shape index (κ2) is 6.28. The van der Waals surface area contributed by atoms with Crippen LogP contribution in [0.25, 0.3) is 5.65 Å². The average Bonchev–Trinajstić information content (AvgIpc) is 3.37. The maximum absolute atomic E-state index is 15.4. The second-order valence-corrected chi connectivity index (χ2v) is 8.90. The van der Waals surface area contributed by atoms with Crippen LogP contribution in [0.15, 0.2) is 24.5 Å². The van der Waals surface area contributed by atoms with Crippen LogP contribution < -0.4 is 10.1 Å². The Morgan fingerprint density at radius 2 is 2.17 bits per heavy atom. The van der Waals surface area contributed by atoms with Gasteiger partial charge in [0.05, 0.1) is 23.9 Å². The number of fused-ring (bicyclic) bond motifs is 2. The van der Waals surface area contributed by atoms with Gasteiger partial charge in [-0.1, -0.05) is 0 Å². The Morgan fingerprint density at radius 1 is 1.40 bits per heavy atom. The number of imidazole rings is 1. The average molecular weight is 413 g/mol. The monoisotopic (exact) mass is 413 g/mol. The molecule has 5 heterocycles. The smallest absolute Gasteiger partial charge is 0.262 e. The topological polar surface area (TPSA) is 82.7 Å². The number of halogens is 1. The molecule has 1 aliphatic carbocycles. The molecule has 0 aromatic carbocycles. The molecule has 3 fully saturated rings. The molecule has 6 rings (SSSR count). The summed E-state index contributed by atoms with van der Waals surface area (Å²) in [6.07, 6.45) is 4.51. The number of pyridine rings is 1. The lowest BCUT2D eigenvalue weighted by Gasteiger charge is -2.41. The van der Waals surface area contributed by atoms with Crippen molar-refractivity contribution in [2.45, 2.75) is 50.7 Å². The third-order valence-electron chi connectivity index (χ3n) is 5.85. The van der Waals surface area contributed by atoms with Gasteiger partial charge in [0.25, 0.3) is 5.91 Å². The summed E-state index contributed by atoms with van der Waals surface area (Å²) in [6.45, 7) is 6.24. The van der Waals surface area contributed by atoms with E-state index in [1.807, 2.05) is 20.8 Å². The van der Waals surface area contributed by atoms with Gasteiger partial charge in [0.2, 0.25) is 5.95 Å². The molecule has 2 saturated heterocycles. The number of carbonyl (C=O) groups excluding carboxylic acids is 1. The van der Waals surface area contributed by atoms with Crippen molar-refractivity contribution in [2.24, 2.45) is 7.05 Å². The van der Waals surface area contributed by atoms with Crippen molar-refractivity contribution < 1.29 is 18.7 Å². The third-order valence-corrected chi connectivity index (χ3v) is 5.85. The molecule has 8 nitrogen and oxygen atoms in total. The zero-order valence-corrected chi connectivity index (χ0v) is 17.4. The van der Waals surface area contributed by atoms with E-state index in [2.05, 4.69) is 15.4 Å². The molecule has 0 radical (unpaired) electrons. The first-order valence-electron chi connectivity index (χ1n) is 10.0.